The first kappa shape index (κ1) is 20.0. The summed E-state index contributed by atoms with van der Waals surface area (Å²) in [6.07, 6.45) is 12.5. The fraction of sp³-hybridized carbons (Fsp3) is 0.375. The van der Waals surface area contributed by atoms with E-state index in [0.717, 1.165) is 41.6 Å². The van der Waals surface area contributed by atoms with Gasteiger partial charge in [0.2, 0.25) is 0 Å². The van der Waals surface area contributed by atoms with Crippen molar-refractivity contribution in [2.45, 2.75) is 51.9 Å². The first-order valence-electron chi connectivity index (χ1n) is 10.3. The molecule has 0 saturated heterocycles. The predicted molar refractivity (Wildman–Crippen MR) is 114 cm³/mol. The molecule has 0 unspecified atom stereocenters. The van der Waals surface area contributed by atoms with E-state index in [9.17, 15) is 0 Å². The second-order valence-corrected chi connectivity index (χ2v) is 6.97. The Labute approximate surface area is 168 Å². The summed E-state index contributed by atoms with van der Waals surface area (Å²) in [4.78, 5) is 13.6. The molecule has 4 nitrogen and oxygen atoms in total. The standard InChI is InChI=1S/C24H29N3O/c1-2-3-4-5-6-7-12-17-28-20-18-23(21-13-8-10-15-25-21)27-24(19-20)22-14-9-11-16-26-22/h8-11,13-16,18-19H,2-7,12,17H2,1H3. The van der Waals surface area contributed by atoms with Crippen molar-refractivity contribution in [1.82, 2.24) is 15.0 Å². The zero-order valence-electron chi connectivity index (χ0n) is 16.7. The lowest BCUT2D eigenvalue weighted by Gasteiger charge is -2.10. The van der Waals surface area contributed by atoms with Crippen LogP contribution in [0.25, 0.3) is 22.8 Å². The number of unbranched alkanes of at least 4 members (excludes halogenated alkanes) is 6. The summed E-state index contributed by atoms with van der Waals surface area (Å²) in [6, 6.07) is 15.6. The minimum atomic E-state index is 0.723. The molecule has 0 atom stereocenters. The number of pyridine rings is 3. The molecule has 3 aromatic rings. The average Bonchev–Trinajstić information content (AvgIpc) is 2.76. The van der Waals surface area contributed by atoms with Crippen molar-refractivity contribution in [3.8, 4) is 28.5 Å². The predicted octanol–water partition coefficient (Wildman–Crippen LogP) is 6.34. The zero-order valence-corrected chi connectivity index (χ0v) is 16.7. The quantitative estimate of drug-likeness (QED) is 0.367. The third kappa shape index (κ3) is 6.15. The van der Waals surface area contributed by atoms with Crippen LogP contribution in [0.15, 0.2) is 60.9 Å². The van der Waals surface area contributed by atoms with E-state index < -0.39 is 0 Å². The fourth-order valence-corrected chi connectivity index (χ4v) is 3.13. The maximum Gasteiger partial charge on any atom is 0.123 e. The smallest absolute Gasteiger partial charge is 0.123 e. The number of hydrogen-bond acceptors (Lipinski definition) is 4. The summed E-state index contributed by atoms with van der Waals surface area (Å²) in [5.41, 5.74) is 3.28. The Balaban J connectivity index is 1.66. The van der Waals surface area contributed by atoms with Crippen LogP contribution >= 0.6 is 0 Å². The van der Waals surface area contributed by atoms with Crippen molar-refractivity contribution in [2.24, 2.45) is 0 Å². The SMILES string of the molecule is CCCCCCCCCOc1cc(-c2ccccn2)nc(-c2ccccn2)c1. The van der Waals surface area contributed by atoms with Gasteiger partial charge in [-0.1, -0.05) is 57.6 Å². The van der Waals surface area contributed by atoms with Gasteiger partial charge >= 0.3 is 0 Å². The van der Waals surface area contributed by atoms with E-state index in [1.807, 2.05) is 48.5 Å². The zero-order chi connectivity index (χ0) is 19.4. The van der Waals surface area contributed by atoms with E-state index in [1.54, 1.807) is 12.4 Å². The van der Waals surface area contributed by atoms with Crippen LogP contribution in [0.1, 0.15) is 51.9 Å². The molecule has 3 rings (SSSR count). The van der Waals surface area contributed by atoms with Crippen molar-refractivity contribution >= 4 is 0 Å². The van der Waals surface area contributed by atoms with Gasteiger partial charge < -0.3 is 4.74 Å². The van der Waals surface area contributed by atoms with E-state index in [1.165, 1.54) is 38.5 Å². The van der Waals surface area contributed by atoms with Crippen LogP contribution in [0.2, 0.25) is 0 Å². The number of hydrogen-bond donors (Lipinski definition) is 0. The monoisotopic (exact) mass is 375 g/mol. The molecule has 146 valence electrons. The van der Waals surface area contributed by atoms with Crippen LogP contribution < -0.4 is 4.74 Å². The Kier molecular flexibility index (Phi) is 7.98. The summed E-state index contributed by atoms with van der Waals surface area (Å²) in [7, 11) is 0. The highest BCUT2D eigenvalue weighted by Gasteiger charge is 2.09. The summed E-state index contributed by atoms with van der Waals surface area (Å²) in [6.45, 7) is 2.97. The van der Waals surface area contributed by atoms with Crippen LogP contribution in [0, 0.1) is 0 Å². The molecule has 0 aliphatic heterocycles. The highest BCUT2D eigenvalue weighted by molar-refractivity contribution is 5.64. The molecule has 0 aliphatic rings. The molecule has 4 heteroatoms. The largest absolute Gasteiger partial charge is 0.493 e. The van der Waals surface area contributed by atoms with E-state index in [4.69, 9.17) is 9.72 Å². The van der Waals surface area contributed by atoms with Gasteiger partial charge in [-0.25, -0.2) is 4.98 Å². The van der Waals surface area contributed by atoms with Gasteiger partial charge in [0.25, 0.3) is 0 Å². The first-order valence-corrected chi connectivity index (χ1v) is 10.3. The van der Waals surface area contributed by atoms with Gasteiger partial charge in [0.1, 0.15) is 5.75 Å². The van der Waals surface area contributed by atoms with Gasteiger partial charge in [0.15, 0.2) is 0 Å². The molecule has 0 fully saturated rings. The summed E-state index contributed by atoms with van der Waals surface area (Å²) < 4.78 is 6.06. The lowest BCUT2D eigenvalue weighted by atomic mass is 10.1. The third-order valence-corrected chi connectivity index (χ3v) is 4.67. The van der Waals surface area contributed by atoms with Crippen molar-refractivity contribution in [1.29, 1.82) is 0 Å². The molecule has 3 aromatic heterocycles. The topological polar surface area (TPSA) is 47.9 Å². The second kappa shape index (κ2) is 11.2. The summed E-state index contributed by atoms with van der Waals surface area (Å²) >= 11 is 0. The molecule has 0 N–H and O–H groups in total. The van der Waals surface area contributed by atoms with Crippen LogP contribution in [0.5, 0.6) is 5.75 Å². The van der Waals surface area contributed by atoms with Gasteiger partial charge in [0, 0.05) is 24.5 Å². The third-order valence-electron chi connectivity index (χ3n) is 4.67. The number of aromatic nitrogens is 3. The molecule has 0 bridgehead atoms. The van der Waals surface area contributed by atoms with Gasteiger partial charge in [-0.2, -0.15) is 0 Å². The lowest BCUT2D eigenvalue weighted by Crippen LogP contribution is -2.00. The molecule has 28 heavy (non-hydrogen) atoms. The molecule has 3 heterocycles. The molecule has 0 saturated carbocycles. The average molecular weight is 376 g/mol. The minimum Gasteiger partial charge on any atom is -0.493 e. The second-order valence-electron chi connectivity index (χ2n) is 6.97. The normalized spacial score (nSPS) is 10.8. The van der Waals surface area contributed by atoms with E-state index in [-0.39, 0.29) is 0 Å². The Morgan fingerprint density at radius 2 is 1.25 bits per heavy atom. The number of rotatable bonds is 11. The highest BCUT2D eigenvalue weighted by Crippen LogP contribution is 2.26. The maximum absolute atomic E-state index is 6.06. The Bertz CT molecular complexity index is 764. The Morgan fingerprint density at radius 1 is 0.679 bits per heavy atom. The number of ether oxygens (including phenoxy) is 1. The molecule has 0 aromatic carbocycles. The molecule has 0 aliphatic carbocycles. The lowest BCUT2D eigenvalue weighted by molar-refractivity contribution is 0.304. The van der Waals surface area contributed by atoms with Crippen molar-refractivity contribution < 1.29 is 4.74 Å². The van der Waals surface area contributed by atoms with E-state index >= 15 is 0 Å². The van der Waals surface area contributed by atoms with Gasteiger partial charge in [-0.05, 0) is 30.7 Å². The van der Waals surface area contributed by atoms with Crippen LogP contribution in [-0.2, 0) is 0 Å². The molecular weight excluding hydrogens is 346 g/mol. The Morgan fingerprint density at radius 3 is 1.79 bits per heavy atom. The maximum atomic E-state index is 6.06. The minimum absolute atomic E-state index is 0.723. The fourth-order valence-electron chi connectivity index (χ4n) is 3.13. The molecule has 0 spiro atoms. The van der Waals surface area contributed by atoms with Crippen molar-refractivity contribution in [3.05, 3.63) is 60.9 Å². The molecule has 0 radical (unpaired) electrons. The van der Waals surface area contributed by atoms with Gasteiger partial charge in [-0.3, -0.25) is 9.97 Å². The van der Waals surface area contributed by atoms with E-state index in [2.05, 4.69) is 16.9 Å². The van der Waals surface area contributed by atoms with Crippen molar-refractivity contribution in [2.75, 3.05) is 6.61 Å². The van der Waals surface area contributed by atoms with Gasteiger partial charge in [0.05, 0.1) is 29.4 Å². The molecular formula is C24H29N3O. The van der Waals surface area contributed by atoms with Crippen LogP contribution in [0.4, 0.5) is 0 Å². The Hall–Kier alpha value is -2.75. The first-order chi connectivity index (χ1) is 13.9. The summed E-state index contributed by atoms with van der Waals surface area (Å²) in [5.74, 6) is 0.822. The van der Waals surface area contributed by atoms with Crippen molar-refractivity contribution in [3.63, 3.8) is 0 Å². The molecule has 0 amide bonds. The number of nitrogens with zero attached hydrogens (tertiary/aromatic N) is 3. The highest BCUT2D eigenvalue weighted by atomic mass is 16.5. The van der Waals surface area contributed by atoms with Gasteiger partial charge in [-0.15, -0.1) is 0 Å². The van der Waals surface area contributed by atoms with Crippen LogP contribution in [0.3, 0.4) is 0 Å². The van der Waals surface area contributed by atoms with E-state index in [0.29, 0.717) is 0 Å². The summed E-state index contributed by atoms with van der Waals surface area (Å²) in [5, 5.41) is 0. The van der Waals surface area contributed by atoms with Crippen LogP contribution in [-0.4, -0.2) is 21.6 Å².